The molecule has 7 nitrogen and oxygen atoms in total. The Labute approximate surface area is 129 Å². The second kappa shape index (κ2) is 5.69. The normalized spacial score (nSPS) is 26.2. The summed E-state index contributed by atoms with van der Waals surface area (Å²) in [4.78, 5) is 20.7. The van der Waals surface area contributed by atoms with E-state index in [0.717, 1.165) is 6.42 Å². The molecule has 118 valence electrons. The number of rotatable bonds is 3. The molecule has 0 spiro atoms. The first kappa shape index (κ1) is 15.0. The first-order chi connectivity index (χ1) is 10.5. The van der Waals surface area contributed by atoms with Crippen molar-refractivity contribution in [3.05, 3.63) is 30.3 Å². The number of carbonyl (C=O) groups is 1. The molecule has 0 aliphatic carbocycles. The fraction of sp³-hybridized carbons (Fsp3) is 0.429. The highest BCUT2D eigenvalue weighted by atomic mass is 32.2. The standard InChI is InChI=1S/C14H17N3O4S/c1-10-14(18)21-16-13(15-10)12-8-5-9-17(12)22(19,20)11-6-3-2-4-7-11/h2-4,6-7,10,12H,5,8-9H2,1H3,(H,15,16)/t10-,12+/m1/s1. The van der Waals surface area contributed by atoms with E-state index >= 15 is 0 Å². The van der Waals surface area contributed by atoms with Crippen molar-refractivity contribution in [3.63, 3.8) is 0 Å². The molecule has 1 aromatic rings. The molecule has 1 saturated heterocycles. The average Bonchev–Trinajstić information content (AvgIpc) is 3.01. The molecule has 1 aromatic carbocycles. The molecule has 0 bridgehead atoms. The van der Waals surface area contributed by atoms with Crippen molar-refractivity contribution in [2.45, 2.75) is 36.7 Å². The van der Waals surface area contributed by atoms with Crippen LogP contribution in [0.25, 0.3) is 0 Å². The summed E-state index contributed by atoms with van der Waals surface area (Å²) in [6.45, 7) is 2.04. The van der Waals surface area contributed by atoms with Crippen LogP contribution in [0, 0.1) is 0 Å². The monoisotopic (exact) mass is 323 g/mol. The van der Waals surface area contributed by atoms with Crippen LogP contribution >= 0.6 is 0 Å². The zero-order valence-corrected chi connectivity index (χ0v) is 12.9. The second-order valence-corrected chi connectivity index (χ2v) is 7.19. The molecule has 0 radical (unpaired) electrons. The molecule has 0 aromatic heterocycles. The summed E-state index contributed by atoms with van der Waals surface area (Å²) >= 11 is 0. The molecule has 0 amide bonds. The van der Waals surface area contributed by atoms with E-state index in [-0.39, 0.29) is 4.90 Å². The zero-order valence-electron chi connectivity index (χ0n) is 12.1. The Hall–Kier alpha value is -1.93. The van der Waals surface area contributed by atoms with Crippen molar-refractivity contribution >= 4 is 21.8 Å². The Morgan fingerprint density at radius 1 is 1.32 bits per heavy atom. The molecular weight excluding hydrogens is 306 g/mol. The van der Waals surface area contributed by atoms with Gasteiger partial charge in [-0.15, -0.1) is 0 Å². The maximum Gasteiger partial charge on any atom is 0.356 e. The van der Waals surface area contributed by atoms with Crippen LogP contribution in [0.3, 0.4) is 0 Å². The largest absolute Gasteiger partial charge is 0.356 e. The fourth-order valence-corrected chi connectivity index (χ4v) is 4.34. The number of benzene rings is 1. The van der Waals surface area contributed by atoms with E-state index in [1.54, 1.807) is 37.3 Å². The number of nitrogens with one attached hydrogen (secondary N) is 1. The van der Waals surface area contributed by atoms with Crippen molar-refractivity contribution in [1.82, 2.24) is 9.79 Å². The lowest BCUT2D eigenvalue weighted by atomic mass is 10.2. The Morgan fingerprint density at radius 3 is 2.73 bits per heavy atom. The van der Waals surface area contributed by atoms with E-state index in [1.165, 1.54) is 4.31 Å². The lowest BCUT2D eigenvalue weighted by molar-refractivity contribution is -0.150. The van der Waals surface area contributed by atoms with E-state index in [9.17, 15) is 13.2 Å². The van der Waals surface area contributed by atoms with Crippen molar-refractivity contribution in [2.24, 2.45) is 4.99 Å². The molecule has 22 heavy (non-hydrogen) atoms. The van der Waals surface area contributed by atoms with Gasteiger partial charge in [-0.3, -0.25) is 4.99 Å². The van der Waals surface area contributed by atoms with Crippen LogP contribution in [0.5, 0.6) is 0 Å². The Bertz CT molecular complexity index is 702. The summed E-state index contributed by atoms with van der Waals surface area (Å²) in [5.41, 5.74) is 2.49. The number of sulfonamides is 1. The molecule has 1 fully saturated rings. The molecule has 2 atom stereocenters. The van der Waals surface area contributed by atoms with Crippen LogP contribution < -0.4 is 5.48 Å². The number of hydrogen-bond donors (Lipinski definition) is 1. The van der Waals surface area contributed by atoms with Gasteiger partial charge in [-0.2, -0.15) is 4.31 Å². The molecule has 2 aliphatic rings. The third kappa shape index (κ3) is 2.59. The Kier molecular flexibility index (Phi) is 3.88. The molecule has 3 rings (SSSR count). The molecule has 2 heterocycles. The zero-order chi connectivity index (χ0) is 15.7. The molecule has 0 unspecified atom stereocenters. The van der Waals surface area contributed by atoms with Gasteiger partial charge >= 0.3 is 5.97 Å². The van der Waals surface area contributed by atoms with Gasteiger partial charge in [0.25, 0.3) is 0 Å². The van der Waals surface area contributed by atoms with Gasteiger partial charge in [0.2, 0.25) is 10.0 Å². The summed E-state index contributed by atoms with van der Waals surface area (Å²) in [5.74, 6) is -0.0803. The third-order valence-corrected chi connectivity index (χ3v) is 5.72. The fourth-order valence-electron chi connectivity index (χ4n) is 2.66. The highest BCUT2D eigenvalue weighted by Crippen LogP contribution is 2.27. The van der Waals surface area contributed by atoms with Gasteiger partial charge in [0.1, 0.15) is 6.04 Å². The highest BCUT2D eigenvalue weighted by molar-refractivity contribution is 7.89. The van der Waals surface area contributed by atoms with E-state index in [0.29, 0.717) is 18.8 Å². The lowest BCUT2D eigenvalue weighted by Gasteiger charge is -2.28. The molecule has 2 aliphatic heterocycles. The number of carbonyl (C=O) groups excluding carboxylic acids is 1. The molecule has 8 heteroatoms. The van der Waals surface area contributed by atoms with E-state index in [2.05, 4.69) is 10.5 Å². The van der Waals surface area contributed by atoms with Crippen LogP contribution in [-0.4, -0.2) is 43.2 Å². The number of hydrogen-bond acceptors (Lipinski definition) is 6. The van der Waals surface area contributed by atoms with E-state index in [1.807, 2.05) is 0 Å². The van der Waals surface area contributed by atoms with Crippen LogP contribution in [0.4, 0.5) is 0 Å². The van der Waals surface area contributed by atoms with Crippen molar-refractivity contribution in [1.29, 1.82) is 0 Å². The minimum absolute atomic E-state index is 0.253. The van der Waals surface area contributed by atoms with E-state index in [4.69, 9.17) is 4.84 Å². The van der Waals surface area contributed by atoms with E-state index < -0.39 is 28.1 Å². The predicted octanol–water partition coefficient (Wildman–Crippen LogP) is 0.688. The number of hydroxylamine groups is 1. The smallest absolute Gasteiger partial charge is 0.340 e. The van der Waals surface area contributed by atoms with Crippen molar-refractivity contribution in [2.75, 3.05) is 6.54 Å². The van der Waals surface area contributed by atoms with Crippen LogP contribution in [0.15, 0.2) is 40.2 Å². The second-order valence-electron chi connectivity index (χ2n) is 5.30. The highest BCUT2D eigenvalue weighted by Gasteiger charge is 2.40. The minimum Gasteiger partial charge on any atom is -0.340 e. The van der Waals surface area contributed by atoms with Gasteiger partial charge in [0, 0.05) is 6.54 Å². The van der Waals surface area contributed by atoms with Gasteiger partial charge in [-0.1, -0.05) is 18.2 Å². The number of aliphatic imine (C=N–C) groups is 1. The summed E-state index contributed by atoms with van der Waals surface area (Å²) in [5, 5.41) is 0. The summed E-state index contributed by atoms with van der Waals surface area (Å²) in [6.07, 6.45) is 1.38. The van der Waals surface area contributed by atoms with Gasteiger partial charge in [-0.25, -0.2) is 18.7 Å². The van der Waals surface area contributed by atoms with Crippen LogP contribution in [0.1, 0.15) is 19.8 Å². The van der Waals surface area contributed by atoms with Crippen molar-refractivity contribution < 1.29 is 18.0 Å². The van der Waals surface area contributed by atoms with Gasteiger partial charge in [0.15, 0.2) is 5.84 Å². The molecular formula is C14H17N3O4S. The van der Waals surface area contributed by atoms with Crippen molar-refractivity contribution in [3.8, 4) is 0 Å². The van der Waals surface area contributed by atoms with Gasteiger partial charge in [0.05, 0.1) is 10.9 Å². The average molecular weight is 323 g/mol. The maximum atomic E-state index is 12.8. The summed E-state index contributed by atoms with van der Waals surface area (Å²) in [7, 11) is -3.60. The number of amidine groups is 1. The predicted molar refractivity (Wildman–Crippen MR) is 79.5 cm³/mol. The topological polar surface area (TPSA) is 88.1 Å². The molecule has 0 saturated carbocycles. The third-order valence-electron chi connectivity index (χ3n) is 3.80. The first-order valence-corrected chi connectivity index (χ1v) is 8.55. The lowest BCUT2D eigenvalue weighted by Crippen LogP contribution is -2.50. The van der Waals surface area contributed by atoms with Crippen LogP contribution in [-0.2, 0) is 19.7 Å². The quantitative estimate of drug-likeness (QED) is 0.884. The van der Waals surface area contributed by atoms with Gasteiger partial charge in [-0.05, 0) is 31.9 Å². The summed E-state index contributed by atoms with van der Waals surface area (Å²) < 4.78 is 27.0. The number of nitrogens with zero attached hydrogens (tertiary/aromatic N) is 2. The SMILES string of the molecule is C[C@H]1N=C([C@@H]2CCCN2S(=O)(=O)c2ccccc2)NOC1=O. The minimum atomic E-state index is -3.60. The van der Waals surface area contributed by atoms with Gasteiger partial charge < -0.3 is 4.84 Å². The Morgan fingerprint density at radius 2 is 2.05 bits per heavy atom. The first-order valence-electron chi connectivity index (χ1n) is 7.11. The Balaban J connectivity index is 1.91. The van der Waals surface area contributed by atoms with Crippen LogP contribution in [0.2, 0.25) is 0 Å². The maximum absolute atomic E-state index is 12.8. The molecule has 1 N–H and O–H groups in total. The summed E-state index contributed by atoms with van der Waals surface area (Å²) in [6, 6.07) is 7.25.